The van der Waals surface area contributed by atoms with Crippen LogP contribution in [-0.4, -0.2) is 25.6 Å². The monoisotopic (exact) mass is 365 g/mol. The Morgan fingerprint density at radius 2 is 1.78 bits per heavy atom. The van der Waals surface area contributed by atoms with Crippen molar-refractivity contribution in [1.29, 1.82) is 0 Å². The maximum atomic E-state index is 4.31. The number of aliphatic imine (C=N–C) groups is 1. The fourth-order valence-corrected chi connectivity index (χ4v) is 2.59. The lowest BCUT2D eigenvalue weighted by atomic mass is 9.87. The third kappa shape index (κ3) is 5.76. The van der Waals surface area contributed by atoms with Gasteiger partial charge in [0, 0.05) is 19.6 Å². The van der Waals surface area contributed by atoms with E-state index in [9.17, 15) is 0 Å². The third-order valence-corrected chi connectivity index (χ3v) is 4.12. The Labute approximate surface area is 129 Å². The van der Waals surface area contributed by atoms with Crippen LogP contribution in [0.4, 0.5) is 0 Å². The topological polar surface area (TPSA) is 36.4 Å². The Hall–Kier alpha value is 0. The second-order valence-electron chi connectivity index (χ2n) is 5.83. The molecule has 2 saturated carbocycles. The summed E-state index contributed by atoms with van der Waals surface area (Å²) < 4.78 is 0. The number of nitrogens with zero attached hydrogens (tertiary/aromatic N) is 1. The molecule has 2 fully saturated rings. The first-order valence-electron chi connectivity index (χ1n) is 7.25. The van der Waals surface area contributed by atoms with Crippen LogP contribution in [0.1, 0.15) is 51.9 Å². The van der Waals surface area contributed by atoms with Gasteiger partial charge in [-0.15, -0.1) is 24.0 Å². The highest BCUT2D eigenvalue weighted by atomic mass is 127. The minimum Gasteiger partial charge on any atom is -0.356 e. The largest absolute Gasteiger partial charge is 0.356 e. The van der Waals surface area contributed by atoms with Crippen LogP contribution in [0.15, 0.2) is 4.99 Å². The molecule has 0 aromatic heterocycles. The first kappa shape index (κ1) is 16.1. The van der Waals surface area contributed by atoms with Gasteiger partial charge in [0.25, 0.3) is 0 Å². The van der Waals surface area contributed by atoms with Gasteiger partial charge in [0.05, 0.1) is 0 Å². The molecule has 4 heteroatoms. The van der Waals surface area contributed by atoms with E-state index in [0.717, 1.165) is 24.3 Å². The van der Waals surface area contributed by atoms with E-state index in [-0.39, 0.29) is 24.0 Å². The average molecular weight is 365 g/mol. The average Bonchev–Trinajstić information content (AvgIpc) is 3.14. The molecule has 0 saturated heterocycles. The lowest BCUT2D eigenvalue weighted by molar-refractivity contribution is 0.329. The summed E-state index contributed by atoms with van der Waals surface area (Å²) >= 11 is 0. The standard InChI is InChI=1S/C14H27N3.HI/c1-11-3-7-13(8-4-11)17-14(15-2)16-10-9-12-5-6-12;/h11-13H,3-10H2,1-2H3,(H2,15,16,17);1H. The van der Waals surface area contributed by atoms with Gasteiger partial charge in [-0.1, -0.05) is 19.8 Å². The van der Waals surface area contributed by atoms with E-state index in [2.05, 4.69) is 22.5 Å². The van der Waals surface area contributed by atoms with E-state index >= 15 is 0 Å². The summed E-state index contributed by atoms with van der Waals surface area (Å²) in [6, 6.07) is 0.637. The SMILES string of the molecule is CN=C(NCCC1CC1)NC1CCC(C)CC1.I. The molecule has 2 N–H and O–H groups in total. The van der Waals surface area contributed by atoms with Gasteiger partial charge < -0.3 is 10.6 Å². The first-order valence-corrected chi connectivity index (χ1v) is 7.25. The summed E-state index contributed by atoms with van der Waals surface area (Å²) in [5, 5.41) is 7.00. The smallest absolute Gasteiger partial charge is 0.191 e. The highest BCUT2D eigenvalue weighted by Gasteiger charge is 2.21. The first-order chi connectivity index (χ1) is 8.28. The number of guanidine groups is 1. The van der Waals surface area contributed by atoms with Crippen molar-refractivity contribution in [2.45, 2.75) is 57.9 Å². The van der Waals surface area contributed by atoms with Gasteiger partial charge in [-0.05, 0) is 43.9 Å². The minimum atomic E-state index is 0. The molecule has 2 rings (SSSR count). The van der Waals surface area contributed by atoms with Crippen molar-refractivity contribution < 1.29 is 0 Å². The predicted molar refractivity (Wildman–Crippen MR) is 88.7 cm³/mol. The molecule has 0 bridgehead atoms. The Bertz CT molecular complexity index is 256. The van der Waals surface area contributed by atoms with E-state index in [0.29, 0.717) is 6.04 Å². The highest BCUT2D eigenvalue weighted by molar-refractivity contribution is 14.0. The Kier molecular flexibility index (Phi) is 7.34. The normalized spacial score (nSPS) is 28.4. The molecule has 0 aromatic carbocycles. The maximum Gasteiger partial charge on any atom is 0.191 e. The molecule has 2 aliphatic carbocycles. The zero-order valence-electron chi connectivity index (χ0n) is 11.7. The maximum absolute atomic E-state index is 4.31. The summed E-state index contributed by atoms with van der Waals surface area (Å²) in [4.78, 5) is 4.31. The van der Waals surface area contributed by atoms with Crippen molar-refractivity contribution in [1.82, 2.24) is 10.6 Å². The molecule has 0 unspecified atom stereocenters. The quantitative estimate of drug-likeness (QED) is 0.456. The van der Waals surface area contributed by atoms with E-state index in [1.165, 1.54) is 44.9 Å². The summed E-state index contributed by atoms with van der Waals surface area (Å²) in [5.41, 5.74) is 0. The molecule has 0 aromatic rings. The van der Waals surface area contributed by atoms with Crippen LogP contribution in [0.3, 0.4) is 0 Å². The van der Waals surface area contributed by atoms with Crippen LogP contribution in [0.2, 0.25) is 0 Å². The molecule has 0 spiro atoms. The summed E-state index contributed by atoms with van der Waals surface area (Å²) in [6.07, 6.45) is 9.49. The van der Waals surface area contributed by atoms with Crippen molar-refractivity contribution in [2.75, 3.05) is 13.6 Å². The molecular weight excluding hydrogens is 337 g/mol. The number of hydrogen-bond acceptors (Lipinski definition) is 1. The van der Waals surface area contributed by atoms with Crippen molar-refractivity contribution in [3.8, 4) is 0 Å². The fraction of sp³-hybridized carbons (Fsp3) is 0.929. The van der Waals surface area contributed by atoms with Crippen molar-refractivity contribution >= 4 is 29.9 Å². The number of hydrogen-bond donors (Lipinski definition) is 2. The molecular formula is C14H28IN3. The lowest BCUT2D eigenvalue weighted by Gasteiger charge is -2.28. The van der Waals surface area contributed by atoms with Crippen LogP contribution in [0, 0.1) is 11.8 Å². The summed E-state index contributed by atoms with van der Waals surface area (Å²) in [7, 11) is 1.87. The van der Waals surface area contributed by atoms with E-state index in [4.69, 9.17) is 0 Å². The fourth-order valence-electron chi connectivity index (χ4n) is 2.59. The zero-order chi connectivity index (χ0) is 12.1. The third-order valence-electron chi connectivity index (χ3n) is 4.12. The van der Waals surface area contributed by atoms with E-state index in [1.54, 1.807) is 0 Å². The minimum absolute atomic E-state index is 0. The molecule has 3 nitrogen and oxygen atoms in total. The summed E-state index contributed by atoms with van der Waals surface area (Å²) in [6.45, 7) is 3.44. The van der Waals surface area contributed by atoms with Crippen LogP contribution in [0.5, 0.6) is 0 Å². The lowest BCUT2D eigenvalue weighted by Crippen LogP contribution is -2.45. The van der Waals surface area contributed by atoms with Gasteiger partial charge in [0.1, 0.15) is 0 Å². The molecule has 0 amide bonds. The van der Waals surface area contributed by atoms with Crippen molar-refractivity contribution in [3.05, 3.63) is 0 Å². The molecule has 106 valence electrons. The Balaban J connectivity index is 0.00000162. The molecule has 2 aliphatic rings. The molecule has 18 heavy (non-hydrogen) atoms. The summed E-state index contributed by atoms with van der Waals surface area (Å²) in [5.74, 6) is 2.92. The van der Waals surface area contributed by atoms with Crippen LogP contribution in [-0.2, 0) is 0 Å². The van der Waals surface area contributed by atoms with Gasteiger partial charge in [-0.25, -0.2) is 0 Å². The van der Waals surface area contributed by atoms with E-state index < -0.39 is 0 Å². The van der Waals surface area contributed by atoms with E-state index in [1.807, 2.05) is 7.05 Å². The van der Waals surface area contributed by atoms with Gasteiger partial charge in [0.15, 0.2) is 5.96 Å². The predicted octanol–water partition coefficient (Wildman–Crippen LogP) is 3.15. The van der Waals surface area contributed by atoms with Gasteiger partial charge in [0.2, 0.25) is 0 Å². The van der Waals surface area contributed by atoms with Gasteiger partial charge in [-0.2, -0.15) is 0 Å². The zero-order valence-corrected chi connectivity index (χ0v) is 14.1. The molecule has 0 atom stereocenters. The molecule has 0 radical (unpaired) electrons. The van der Waals surface area contributed by atoms with Crippen LogP contribution >= 0.6 is 24.0 Å². The Morgan fingerprint density at radius 1 is 1.11 bits per heavy atom. The number of rotatable bonds is 4. The van der Waals surface area contributed by atoms with Gasteiger partial charge in [-0.3, -0.25) is 4.99 Å². The second-order valence-corrected chi connectivity index (χ2v) is 5.83. The van der Waals surface area contributed by atoms with Crippen molar-refractivity contribution in [2.24, 2.45) is 16.8 Å². The van der Waals surface area contributed by atoms with Crippen molar-refractivity contribution in [3.63, 3.8) is 0 Å². The Morgan fingerprint density at radius 3 is 2.33 bits per heavy atom. The van der Waals surface area contributed by atoms with Crippen LogP contribution in [0.25, 0.3) is 0 Å². The number of nitrogens with one attached hydrogen (secondary N) is 2. The highest BCUT2D eigenvalue weighted by Crippen LogP contribution is 2.31. The van der Waals surface area contributed by atoms with Crippen LogP contribution < -0.4 is 10.6 Å². The second kappa shape index (κ2) is 8.23. The van der Waals surface area contributed by atoms with Gasteiger partial charge >= 0.3 is 0 Å². The number of halogens is 1. The molecule has 0 heterocycles. The molecule has 0 aliphatic heterocycles.